The van der Waals surface area contributed by atoms with E-state index in [1.165, 1.54) is 22.3 Å². The maximum absolute atomic E-state index is 9.99. The Morgan fingerprint density at radius 1 is 1.00 bits per heavy atom. The van der Waals surface area contributed by atoms with Gasteiger partial charge in [0.15, 0.2) is 0 Å². The predicted octanol–water partition coefficient (Wildman–Crippen LogP) is 7.01. The number of allylic oxidation sites excluding steroid dienone is 13. The van der Waals surface area contributed by atoms with Gasteiger partial charge in [0, 0.05) is 11.0 Å². The lowest BCUT2D eigenvalue weighted by Gasteiger charge is -2.34. The molecule has 0 spiro atoms. The zero-order valence-corrected chi connectivity index (χ0v) is 18.6. The van der Waals surface area contributed by atoms with Gasteiger partial charge in [-0.1, -0.05) is 97.1 Å². The molecule has 0 saturated heterocycles. The Morgan fingerprint density at radius 2 is 1.61 bits per heavy atom. The minimum Gasteiger partial charge on any atom is -0.393 e. The van der Waals surface area contributed by atoms with E-state index < -0.39 is 0 Å². The van der Waals surface area contributed by atoms with E-state index in [0.717, 1.165) is 18.4 Å². The summed E-state index contributed by atoms with van der Waals surface area (Å²) in [6.07, 6.45) is 19.9. The van der Waals surface area contributed by atoms with Crippen LogP contribution in [0.3, 0.4) is 0 Å². The Balaban J connectivity index is 2.77. The molecule has 0 aromatic rings. The van der Waals surface area contributed by atoms with Crippen molar-refractivity contribution in [3.63, 3.8) is 0 Å². The van der Waals surface area contributed by atoms with Crippen molar-refractivity contribution in [1.82, 2.24) is 0 Å². The number of aliphatic hydroxyl groups is 1. The first-order valence-electron chi connectivity index (χ1n) is 10.1. The second-order valence-corrected chi connectivity index (χ2v) is 8.27. The molecule has 1 N–H and O–H groups in total. The largest absolute Gasteiger partial charge is 0.393 e. The third-order valence-corrected chi connectivity index (χ3v) is 4.74. The summed E-state index contributed by atoms with van der Waals surface area (Å²) >= 11 is 0. The van der Waals surface area contributed by atoms with E-state index in [1.807, 2.05) is 32.1 Å². The van der Waals surface area contributed by atoms with E-state index in [1.54, 1.807) is 0 Å². The fourth-order valence-electron chi connectivity index (χ4n) is 3.41. The smallest absolute Gasteiger partial charge is 0.0586 e. The summed E-state index contributed by atoms with van der Waals surface area (Å²) in [7, 11) is 0. The monoisotopic (exact) mass is 376 g/mol. The summed E-state index contributed by atoms with van der Waals surface area (Å²) in [5, 5.41) is 9.99. The highest BCUT2D eigenvalue weighted by molar-refractivity contribution is 5.45. The summed E-state index contributed by atoms with van der Waals surface area (Å²) in [5.74, 6) is 6.64. The molecule has 1 aliphatic carbocycles. The van der Waals surface area contributed by atoms with Crippen LogP contribution in [-0.2, 0) is 0 Å². The highest BCUT2D eigenvalue weighted by Gasteiger charge is 2.31. The van der Waals surface area contributed by atoms with Crippen molar-refractivity contribution < 1.29 is 5.11 Å². The molecule has 1 rings (SSSR count). The SMILES string of the molecule is C/C=C/C(C)=C/C=C/C=C(C)/C=C/C=C(\C)C#CC1=C(C)C[C@@H](O)CC1(C)C. The summed E-state index contributed by atoms with van der Waals surface area (Å²) in [5.41, 5.74) is 5.79. The van der Waals surface area contributed by atoms with Crippen molar-refractivity contribution in [3.8, 4) is 11.8 Å². The molecular formula is C27H36O. The second kappa shape index (κ2) is 11.5. The van der Waals surface area contributed by atoms with Crippen molar-refractivity contribution in [2.75, 3.05) is 0 Å². The minimum atomic E-state index is -0.244. The number of rotatable bonds is 5. The summed E-state index contributed by atoms with van der Waals surface area (Å²) in [6.45, 7) is 14.6. The van der Waals surface area contributed by atoms with Crippen LogP contribution in [0.1, 0.15) is 61.3 Å². The van der Waals surface area contributed by atoms with Gasteiger partial charge < -0.3 is 5.11 Å². The zero-order chi connectivity index (χ0) is 21.2. The lowest BCUT2D eigenvalue weighted by Crippen LogP contribution is -2.28. The quantitative estimate of drug-likeness (QED) is 0.404. The average Bonchev–Trinajstić information content (AvgIpc) is 2.57. The standard InChI is InChI=1S/C27H36O/c1-8-12-21(2)13-9-10-14-22(3)15-11-16-23(4)17-18-26-24(5)19-25(28)20-27(26,6)7/h8-16,25,28H,19-20H2,1-7H3/b10-9+,12-8+,15-11+,21-13+,22-14+,23-16+/t25-/m1/s1. The lowest BCUT2D eigenvalue weighted by molar-refractivity contribution is 0.117. The topological polar surface area (TPSA) is 20.2 Å². The van der Waals surface area contributed by atoms with E-state index in [4.69, 9.17) is 0 Å². The van der Waals surface area contributed by atoms with Crippen LogP contribution in [-0.4, -0.2) is 11.2 Å². The van der Waals surface area contributed by atoms with Gasteiger partial charge in [0.2, 0.25) is 0 Å². The molecule has 0 amide bonds. The Kier molecular flexibility index (Phi) is 9.77. The zero-order valence-electron chi connectivity index (χ0n) is 18.6. The van der Waals surface area contributed by atoms with Crippen LogP contribution in [0, 0.1) is 17.3 Å². The van der Waals surface area contributed by atoms with Gasteiger partial charge >= 0.3 is 0 Å². The van der Waals surface area contributed by atoms with Gasteiger partial charge in [0.1, 0.15) is 0 Å². The maximum atomic E-state index is 9.99. The molecule has 0 saturated carbocycles. The Hall–Kier alpha value is -2.30. The van der Waals surface area contributed by atoms with Gasteiger partial charge in [-0.05, 0) is 53.0 Å². The summed E-state index contributed by atoms with van der Waals surface area (Å²) < 4.78 is 0. The third-order valence-electron chi connectivity index (χ3n) is 4.74. The summed E-state index contributed by atoms with van der Waals surface area (Å²) in [4.78, 5) is 0. The first kappa shape index (κ1) is 23.7. The van der Waals surface area contributed by atoms with Gasteiger partial charge in [0.25, 0.3) is 0 Å². The van der Waals surface area contributed by atoms with Gasteiger partial charge in [-0.15, -0.1) is 0 Å². The number of aliphatic hydroxyl groups excluding tert-OH is 1. The molecule has 0 bridgehead atoms. The van der Waals surface area contributed by atoms with Crippen LogP contribution >= 0.6 is 0 Å². The molecule has 0 heterocycles. The average molecular weight is 377 g/mol. The molecule has 150 valence electrons. The molecule has 0 aromatic heterocycles. The van der Waals surface area contributed by atoms with E-state index in [9.17, 15) is 5.11 Å². The Bertz CT molecular complexity index is 808. The first-order valence-corrected chi connectivity index (χ1v) is 10.1. The molecule has 1 heteroatoms. The Morgan fingerprint density at radius 3 is 2.18 bits per heavy atom. The van der Waals surface area contributed by atoms with Crippen LogP contribution in [0.4, 0.5) is 0 Å². The van der Waals surface area contributed by atoms with Crippen LogP contribution < -0.4 is 0 Å². The number of hydrogen-bond acceptors (Lipinski definition) is 1. The van der Waals surface area contributed by atoms with Crippen molar-refractivity contribution in [2.45, 2.75) is 67.4 Å². The molecule has 1 nitrogen and oxygen atoms in total. The second-order valence-electron chi connectivity index (χ2n) is 8.27. The van der Waals surface area contributed by atoms with E-state index >= 15 is 0 Å². The van der Waals surface area contributed by atoms with Crippen LogP contribution in [0.25, 0.3) is 0 Å². The highest BCUT2D eigenvalue weighted by Crippen LogP contribution is 2.39. The van der Waals surface area contributed by atoms with Gasteiger partial charge in [-0.25, -0.2) is 0 Å². The van der Waals surface area contributed by atoms with Crippen molar-refractivity contribution in [2.24, 2.45) is 5.41 Å². The maximum Gasteiger partial charge on any atom is 0.0586 e. The minimum absolute atomic E-state index is 0.0593. The predicted molar refractivity (Wildman–Crippen MR) is 124 cm³/mol. The molecule has 1 aliphatic rings. The van der Waals surface area contributed by atoms with E-state index in [0.29, 0.717) is 0 Å². The molecule has 0 aliphatic heterocycles. The van der Waals surface area contributed by atoms with Gasteiger partial charge in [-0.3, -0.25) is 0 Å². The molecule has 0 aromatic carbocycles. The summed E-state index contributed by atoms with van der Waals surface area (Å²) in [6, 6.07) is 0. The molecule has 28 heavy (non-hydrogen) atoms. The fraction of sp³-hybridized carbons (Fsp3) is 0.407. The Labute approximate surface area is 172 Å². The van der Waals surface area contributed by atoms with Crippen molar-refractivity contribution >= 4 is 0 Å². The lowest BCUT2D eigenvalue weighted by atomic mass is 9.72. The molecule has 1 atom stereocenters. The molecule has 0 radical (unpaired) electrons. The fourth-order valence-corrected chi connectivity index (χ4v) is 3.41. The van der Waals surface area contributed by atoms with Gasteiger partial charge in [0.05, 0.1) is 6.10 Å². The molecule has 0 unspecified atom stereocenters. The van der Waals surface area contributed by atoms with E-state index in [-0.39, 0.29) is 11.5 Å². The van der Waals surface area contributed by atoms with Crippen LogP contribution in [0.15, 0.2) is 82.5 Å². The normalized spacial score (nSPS) is 21.7. The van der Waals surface area contributed by atoms with Crippen LogP contribution in [0.2, 0.25) is 0 Å². The molecule has 0 fully saturated rings. The third kappa shape index (κ3) is 8.59. The number of hydrogen-bond donors (Lipinski definition) is 1. The van der Waals surface area contributed by atoms with Crippen molar-refractivity contribution in [1.29, 1.82) is 0 Å². The van der Waals surface area contributed by atoms with E-state index in [2.05, 4.69) is 82.9 Å². The highest BCUT2D eigenvalue weighted by atomic mass is 16.3. The van der Waals surface area contributed by atoms with Crippen LogP contribution in [0.5, 0.6) is 0 Å². The molecular weight excluding hydrogens is 340 g/mol. The first-order chi connectivity index (χ1) is 13.2. The van der Waals surface area contributed by atoms with Crippen molar-refractivity contribution in [3.05, 3.63) is 82.5 Å². The van der Waals surface area contributed by atoms with Gasteiger partial charge in [-0.2, -0.15) is 0 Å².